The van der Waals surface area contributed by atoms with Crippen LogP contribution in [0.2, 0.25) is 5.02 Å². The summed E-state index contributed by atoms with van der Waals surface area (Å²) in [7, 11) is 0. The fraction of sp³-hybridized carbons (Fsp3) is 0.526. The van der Waals surface area contributed by atoms with Gasteiger partial charge in [-0.05, 0) is 44.0 Å². The molecule has 1 saturated carbocycles. The topological polar surface area (TPSA) is 59.8 Å². The molecule has 7 heteroatoms. The molecular formula is C19H25ClN4OS. The molecule has 0 unspecified atom stereocenters. The first-order valence-electron chi connectivity index (χ1n) is 9.28. The van der Waals surface area contributed by atoms with Crippen LogP contribution in [-0.2, 0) is 11.3 Å². The van der Waals surface area contributed by atoms with E-state index in [0.717, 1.165) is 35.9 Å². The molecule has 1 fully saturated rings. The van der Waals surface area contributed by atoms with Crippen LogP contribution in [0.15, 0.2) is 29.4 Å². The van der Waals surface area contributed by atoms with Crippen molar-refractivity contribution in [2.24, 2.45) is 0 Å². The minimum absolute atomic E-state index is 0.143. The molecule has 0 bridgehead atoms. The van der Waals surface area contributed by atoms with Gasteiger partial charge in [-0.25, -0.2) is 0 Å². The zero-order valence-electron chi connectivity index (χ0n) is 15.1. The Kier molecular flexibility index (Phi) is 6.97. The molecule has 1 aliphatic rings. The molecule has 0 radical (unpaired) electrons. The van der Waals surface area contributed by atoms with E-state index < -0.39 is 0 Å². The van der Waals surface area contributed by atoms with E-state index in [1.807, 2.05) is 24.3 Å². The van der Waals surface area contributed by atoms with Gasteiger partial charge in [-0.1, -0.05) is 42.6 Å². The lowest BCUT2D eigenvalue weighted by atomic mass is 9.95. The summed E-state index contributed by atoms with van der Waals surface area (Å²) in [5, 5.41) is 13.4. The maximum atomic E-state index is 12.1. The largest absolute Gasteiger partial charge is 0.353 e. The van der Waals surface area contributed by atoms with Crippen molar-refractivity contribution >= 4 is 29.3 Å². The van der Waals surface area contributed by atoms with Crippen LogP contribution in [0.25, 0.3) is 11.4 Å². The fourth-order valence-electron chi connectivity index (χ4n) is 3.27. The van der Waals surface area contributed by atoms with Crippen LogP contribution in [0.5, 0.6) is 0 Å². The second kappa shape index (κ2) is 9.42. The number of hydrogen-bond acceptors (Lipinski definition) is 4. The van der Waals surface area contributed by atoms with Gasteiger partial charge in [0.1, 0.15) is 0 Å². The van der Waals surface area contributed by atoms with Crippen molar-refractivity contribution in [1.82, 2.24) is 20.1 Å². The number of nitrogens with zero attached hydrogens (tertiary/aromatic N) is 3. The van der Waals surface area contributed by atoms with Gasteiger partial charge in [-0.15, -0.1) is 10.2 Å². The van der Waals surface area contributed by atoms with Crippen LogP contribution in [0.1, 0.15) is 45.4 Å². The van der Waals surface area contributed by atoms with E-state index in [9.17, 15) is 4.79 Å². The van der Waals surface area contributed by atoms with E-state index in [4.69, 9.17) is 11.6 Å². The maximum absolute atomic E-state index is 12.1. The number of amides is 1. The standard InChI is InChI=1S/C19H25ClN4OS/c1-2-24-18(14-8-10-15(20)11-9-14)22-23-19(24)26-13-12-17(25)21-16-6-4-3-5-7-16/h8-11,16H,2-7,12-13H2,1H3,(H,21,25). The molecule has 1 aromatic carbocycles. The van der Waals surface area contributed by atoms with Crippen molar-refractivity contribution in [3.8, 4) is 11.4 Å². The monoisotopic (exact) mass is 392 g/mol. The highest BCUT2D eigenvalue weighted by atomic mass is 35.5. The van der Waals surface area contributed by atoms with E-state index >= 15 is 0 Å². The van der Waals surface area contributed by atoms with Crippen molar-refractivity contribution in [2.45, 2.75) is 63.2 Å². The first kappa shape index (κ1) is 19.2. The van der Waals surface area contributed by atoms with Crippen LogP contribution in [0.3, 0.4) is 0 Å². The predicted octanol–water partition coefficient (Wildman–Crippen LogP) is 4.55. The normalized spacial score (nSPS) is 15.2. The van der Waals surface area contributed by atoms with E-state index in [1.165, 1.54) is 19.3 Å². The first-order valence-corrected chi connectivity index (χ1v) is 10.6. The molecule has 140 valence electrons. The summed E-state index contributed by atoms with van der Waals surface area (Å²) in [6.07, 6.45) is 6.50. The summed E-state index contributed by atoms with van der Waals surface area (Å²) < 4.78 is 2.08. The lowest BCUT2D eigenvalue weighted by Crippen LogP contribution is -2.36. The third kappa shape index (κ3) is 5.01. The smallest absolute Gasteiger partial charge is 0.221 e. The van der Waals surface area contributed by atoms with Crippen molar-refractivity contribution in [2.75, 3.05) is 5.75 Å². The van der Waals surface area contributed by atoms with Crippen LogP contribution in [0.4, 0.5) is 0 Å². The predicted molar refractivity (Wildman–Crippen MR) is 106 cm³/mol. The zero-order chi connectivity index (χ0) is 18.4. The number of carbonyl (C=O) groups excluding carboxylic acids is 1. The molecule has 1 aliphatic carbocycles. The summed E-state index contributed by atoms with van der Waals surface area (Å²) in [6.45, 7) is 2.85. The summed E-state index contributed by atoms with van der Waals surface area (Å²) in [5.41, 5.74) is 0.991. The highest BCUT2D eigenvalue weighted by Gasteiger charge is 2.17. The quantitative estimate of drug-likeness (QED) is 0.702. The van der Waals surface area contributed by atoms with Crippen molar-refractivity contribution in [3.05, 3.63) is 29.3 Å². The third-order valence-corrected chi connectivity index (χ3v) is 5.89. The van der Waals surface area contributed by atoms with Crippen LogP contribution >= 0.6 is 23.4 Å². The second-order valence-electron chi connectivity index (χ2n) is 6.56. The SMILES string of the molecule is CCn1c(SCCC(=O)NC2CCCCC2)nnc1-c1ccc(Cl)cc1. The van der Waals surface area contributed by atoms with E-state index in [2.05, 4.69) is 27.0 Å². The molecule has 0 aliphatic heterocycles. The van der Waals surface area contributed by atoms with Gasteiger partial charge in [0, 0.05) is 35.3 Å². The number of halogens is 1. The molecule has 5 nitrogen and oxygen atoms in total. The zero-order valence-corrected chi connectivity index (χ0v) is 16.7. The van der Waals surface area contributed by atoms with E-state index in [-0.39, 0.29) is 5.91 Å². The number of benzene rings is 1. The minimum atomic E-state index is 0.143. The van der Waals surface area contributed by atoms with Crippen LogP contribution in [0, 0.1) is 0 Å². The van der Waals surface area contributed by atoms with Gasteiger partial charge in [0.2, 0.25) is 5.91 Å². The number of aromatic nitrogens is 3. The third-order valence-electron chi connectivity index (χ3n) is 4.67. The Bertz CT molecular complexity index is 726. The molecule has 1 amide bonds. The van der Waals surface area contributed by atoms with Crippen LogP contribution < -0.4 is 5.32 Å². The van der Waals surface area contributed by atoms with Gasteiger partial charge >= 0.3 is 0 Å². The lowest BCUT2D eigenvalue weighted by Gasteiger charge is -2.22. The Hall–Kier alpha value is -1.53. The Morgan fingerprint density at radius 1 is 1.23 bits per heavy atom. The van der Waals surface area contributed by atoms with Gasteiger partial charge < -0.3 is 9.88 Å². The van der Waals surface area contributed by atoms with Gasteiger partial charge in [0.15, 0.2) is 11.0 Å². The van der Waals surface area contributed by atoms with Gasteiger partial charge in [0.05, 0.1) is 0 Å². The first-order chi connectivity index (χ1) is 12.7. The van der Waals surface area contributed by atoms with E-state index in [1.54, 1.807) is 11.8 Å². The lowest BCUT2D eigenvalue weighted by molar-refractivity contribution is -0.121. The summed E-state index contributed by atoms with van der Waals surface area (Å²) in [5.74, 6) is 1.68. The molecular weight excluding hydrogens is 368 g/mol. The maximum Gasteiger partial charge on any atom is 0.221 e. The molecule has 0 atom stereocenters. The Morgan fingerprint density at radius 3 is 2.65 bits per heavy atom. The van der Waals surface area contributed by atoms with Gasteiger partial charge in [-0.2, -0.15) is 0 Å². The van der Waals surface area contributed by atoms with Crippen LogP contribution in [-0.4, -0.2) is 32.5 Å². The second-order valence-corrected chi connectivity index (χ2v) is 8.06. The molecule has 1 aromatic heterocycles. The van der Waals surface area contributed by atoms with Crippen molar-refractivity contribution < 1.29 is 4.79 Å². The van der Waals surface area contributed by atoms with Gasteiger partial charge in [-0.3, -0.25) is 4.79 Å². The molecule has 0 spiro atoms. The average molecular weight is 393 g/mol. The minimum Gasteiger partial charge on any atom is -0.353 e. The summed E-state index contributed by atoms with van der Waals surface area (Å²) in [4.78, 5) is 12.1. The summed E-state index contributed by atoms with van der Waals surface area (Å²) >= 11 is 7.54. The number of carbonyl (C=O) groups is 1. The van der Waals surface area contributed by atoms with Gasteiger partial charge in [0.25, 0.3) is 0 Å². The average Bonchev–Trinajstić information content (AvgIpc) is 3.06. The molecule has 26 heavy (non-hydrogen) atoms. The Labute approximate surface area is 163 Å². The fourth-order valence-corrected chi connectivity index (χ4v) is 4.34. The highest BCUT2D eigenvalue weighted by molar-refractivity contribution is 7.99. The summed E-state index contributed by atoms with van der Waals surface area (Å²) in [6, 6.07) is 7.98. The number of rotatable bonds is 7. The Morgan fingerprint density at radius 2 is 1.96 bits per heavy atom. The van der Waals surface area contributed by atoms with Crippen molar-refractivity contribution in [3.63, 3.8) is 0 Å². The molecule has 3 rings (SSSR count). The van der Waals surface area contributed by atoms with E-state index in [0.29, 0.717) is 23.2 Å². The van der Waals surface area contributed by atoms with Crippen molar-refractivity contribution in [1.29, 1.82) is 0 Å². The molecule has 0 saturated heterocycles. The Balaban J connectivity index is 1.54. The molecule has 1 heterocycles. The molecule has 2 aromatic rings. The highest BCUT2D eigenvalue weighted by Crippen LogP contribution is 2.25. The number of nitrogens with one attached hydrogen (secondary N) is 1. The molecule has 1 N–H and O–H groups in total. The number of hydrogen-bond donors (Lipinski definition) is 1. The number of thioether (sulfide) groups is 1.